The predicted octanol–water partition coefficient (Wildman–Crippen LogP) is 0.712. The Hall–Kier alpha value is -1.07. The molecule has 2 N–H and O–H groups in total. The van der Waals surface area contributed by atoms with Crippen LogP contribution < -0.4 is 0 Å². The molecule has 0 aromatic carbocycles. The fourth-order valence-electron chi connectivity index (χ4n) is 2.82. The van der Waals surface area contributed by atoms with Crippen LogP contribution in [-0.4, -0.2) is 60.2 Å². The van der Waals surface area contributed by atoms with Crippen molar-refractivity contribution in [2.45, 2.75) is 36.5 Å². The van der Waals surface area contributed by atoms with Gasteiger partial charge in [0.25, 0.3) is 0 Å². The highest BCUT2D eigenvalue weighted by atomic mass is 32.2. The Bertz CT molecular complexity index is 818. The SMILES string of the molecule is CCSc1ncnc2c1ncn2[C@@H]1O[C@@H]2COP(=O)(O)OC2C1O. The molecule has 0 aliphatic carbocycles. The number of ether oxygens (including phenoxy) is 1. The molecule has 4 rings (SSSR count). The molecular weight excluding hydrogens is 359 g/mol. The van der Waals surface area contributed by atoms with Gasteiger partial charge in [0.2, 0.25) is 0 Å². The lowest BCUT2D eigenvalue weighted by molar-refractivity contribution is -0.0664. The lowest BCUT2D eigenvalue weighted by Gasteiger charge is -2.27. The van der Waals surface area contributed by atoms with E-state index in [1.54, 1.807) is 4.57 Å². The van der Waals surface area contributed by atoms with Crippen molar-refractivity contribution in [3.8, 4) is 0 Å². The molecule has 2 aromatic heterocycles. The summed E-state index contributed by atoms with van der Waals surface area (Å²) in [5.74, 6) is 0.836. The van der Waals surface area contributed by atoms with Crippen LogP contribution in [0.5, 0.6) is 0 Å². The van der Waals surface area contributed by atoms with Crippen LogP contribution >= 0.6 is 19.6 Å². The normalized spacial score (nSPS) is 36.1. The summed E-state index contributed by atoms with van der Waals surface area (Å²) in [4.78, 5) is 22.2. The van der Waals surface area contributed by atoms with Gasteiger partial charge < -0.3 is 14.7 Å². The van der Waals surface area contributed by atoms with Gasteiger partial charge in [-0.05, 0) is 5.75 Å². The smallest absolute Gasteiger partial charge is 0.386 e. The van der Waals surface area contributed by atoms with Crippen LogP contribution in [0.4, 0.5) is 0 Å². The summed E-state index contributed by atoms with van der Waals surface area (Å²) in [6.45, 7) is 1.87. The van der Waals surface area contributed by atoms with Gasteiger partial charge in [-0.25, -0.2) is 19.5 Å². The molecule has 2 saturated heterocycles. The minimum Gasteiger partial charge on any atom is -0.386 e. The second kappa shape index (κ2) is 6.03. The Morgan fingerprint density at radius 2 is 2.29 bits per heavy atom. The number of nitrogens with zero attached hydrogens (tertiary/aromatic N) is 4. The molecule has 0 bridgehead atoms. The first-order valence-corrected chi connectivity index (χ1v) is 9.78. The maximum atomic E-state index is 11.5. The van der Waals surface area contributed by atoms with E-state index in [4.69, 9.17) is 13.8 Å². The van der Waals surface area contributed by atoms with Crippen molar-refractivity contribution in [3.05, 3.63) is 12.7 Å². The molecule has 0 amide bonds. The Morgan fingerprint density at radius 1 is 1.46 bits per heavy atom. The zero-order chi connectivity index (χ0) is 16.9. The van der Waals surface area contributed by atoms with E-state index in [1.165, 1.54) is 24.4 Å². The van der Waals surface area contributed by atoms with Crippen LogP contribution in [0.3, 0.4) is 0 Å². The quantitative estimate of drug-likeness (QED) is 0.450. The Morgan fingerprint density at radius 3 is 3.08 bits per heavy atom. The van der Waals surface area contributed by atoms with Gasteiger partial charge in [0.15, 0.2) is 11.9 Å². The summed E-state index contributed by atoms with van der Waals surface area (Å²) < 4.78 is 28.6. The summed E-state index contributed by atoms with van der Waals surface area (Å²) >= 11 is 1.54. The molecule has 2 fully saturated rings. The number of hydrogen-bond acceptors (Lipinski definition) is 9. The van der Waals surface area contributed by atoms with E-state index in [0.29, 0.717) is 11.2 Å². The molecule has 10 nitrogen and oxygen atoms in total. The summed E-state index contributed by atoms with van der Waals surface area (Å²) in [5, 5.41) is 11.2. The van der Waals surface area contributed by atoms with Crippen molar-refractivity contribution in [2.75, 3.05) is 12.4 Å². The van der Waals surface area contributed by atoms with Gasteiger partial charge in [-0.15, -0.1) is 11.8 Å². The first kappa shape index (κ1) is 16.4. The lowest BCUT2D eigenvalue weighted by atomic mass is 10.1. The molecule has 3 unspecified atom stereocenters. The Balaban J connectivity index is 1.69. The molecule has 2 aliphatic heterocycles. The number of hydrogen-bond donors (Lipinski definition) is 2. The predicted molar refractivity (Wildman–Crippen MR) is 82.3 cm³/mol. The van der Waals surface area contributed by atoms with Crippen LogP contribution in [0, 0.1) is 0 Å². The summed E-state index contributed by atoms with van der Waals surface area (Å²) in [7, 11) is -4.16. The van der Waals surface area contributed by atoms with Crippen LogP contribution in [0.15, 0.2) is 17.7 Å². The number of aliphatic hydroxyl groups excluding tert-OH is 1. The molecule has 0 saturated carbocycles. The van der Waals surface area contributed by atoms with Crippen molar-refractivity contribution in [2.24, 2.45) is 0 Å². The fraction of sp³-hybridized carbons (Fsp3) is 0.583. The van der Waals surface area contributed by atoms with Gasteiger partial charge >= 0.3 is 7.82 Å². The highest BCUT2D eigenvalue weighted by molar-refractivity contribution is 7.99. The first-order valence-electron chi connectivity index (χ1n) is 7.30. The minimum absolute atomic E-state index is 0.134. The monoisotopic (exact) mass is 374 g/mol. The largest absolute Gasteiger partial charge is 0.472 e. The second-order valence-corrected chi connectivity index (χ2v) is 7.98. The molecule has 12 heteroatoms. The van der Waals surface area contributed by atoms with Crippen molar-refractivity contribution in [1.82, 2.24) is 19.5 Å². The van der Waals surface area contributed by atoms with Gasteiger partial charge in [0.05, 0.1) is 12.9 Å². The first-order chi connectivity index (χ1) is 11.5. The van der Waals surface area contributed by atoms with E-state index in [-0.39, 0.29) is 6.61 Å². The van der Waals surface area contributed by atoms with Crippen molar-refractivity contribution >= 4 is 30.7 Å². The zero-order valence-corrected chi connectivity index (χ0v) is 14.3. The third-order valence-electron chi connectivity index (χ3n) is 3.85. The number of phosphoric ester groups is 1. The number of thioether (sulfide) groups is 1. The molecule has 24 heavy (non-hydrogen) atoms. The van der Waals surface area contributed by atoms with Crippen LogP contribution in [0.1, 0.15) is 13.2 Å². The summed E-state index contributed by atoms with van der Waals surface area (Å²) in [5.41, 5.74) is 1.12. The van der Waals surface area contributed by atoms with Crippen LogP contribution in [0.2, 0.25) is 0 Å². The van der Waals surface area contributed by atoms with E-state index in [1.807, 2.05) is 6.92 Å². The highest BCUT2D eigenvalue weighted by Crippen LogP contribution is 2.52. The molecular formula is C12H15N4O6PS. The maximum Gasteiger partial charge on any atom is 0.472 e. The van der Waals surface area contributed by atoms with E-state index in [2.05, 4.69) is 15.0 Å². The van der Waals surface area contributed by atoms with E-state index < -0.39 is 32.4 Å². The van der Waals surface area contributed by atoms with Crippen LogP contribution in [-0.2, 0) is 18.3 Å². The van der Waals surface area contributed by atoms with Gasteiger partial charge in [-0.1, -0.05) is 6.92 Å². The number of aromatic nitrogens is 4. The fourth-order valence-corrected chi connectivity index (χ4v) is 4.46. The number of aliphatic hydroxyl groups is 1. The van der Waals surface area contributed by atoms with Gasteiger partial charge in [-0.2, -0.15) is 0 Å². The lowest BCUT2D eigenvalue weighted by Crippen LogP contribution is -2.39. The molecule has 0 spiro atoms. The number of phosphoric acid groups is 1. The standard InChI is InChI=1S/C12H15N4O6PS/c1-2-24-11-7-10(13-4-14-11)16(5-15-7)12-8(17)9-6(21-12)3-20-23(18,19)22-9/h4-6,8-9,12,17H,2-3H2,1H3,(H,18,19)/t6-,8?,9?,12-/m1/s1. The Labute approximate surface area is 140 Å². The zero-order valence-electron chi connectivity index (χ0n) is 12.6. The summed E-state index contributed by atoms with van der Waals surface area (Å²) in [6, 6.07) is 0. The number of rotatable bonds is 3. The average molecular weight is 374 g/mol. The molecule has 2 aliphatic rings. The van der Waals surface area contributed by atoms with Gasteiger partial charge in [0.1, 0.15) is 35.2 Å². The molecule has 5 atom stereocenters. The van der Waals surface area contributed by atoms with Crippen LogP contribution in [0.25, 0.3) is 11.2 Å². The van der Waals surface area contributed by atoms with E-state index in [0.717, 1.165) is 10.8 Å². The molecule has 130 valence electrons. The van der Waals surface area contributed by atoms with E-state index >= 15 is 0 Å². The highest BCUT2D eigenvalue weighted by Gasteiger charge is 2.52. The Kier molecular flexibility index (Phi) is 4.12. The average Bonchev–Trinajstić information content (AvgIpc) is 3.10. The molecule has 2 aromatic rings. The molecule has 0 radical (unpaired) electrons. The number of fused-ring (bicyclic) bond motifs is 2. The van der Waals surface area contributed by atoms with Crippen molar-refractivity contribution in [3.63, 3.8) is 0 Å². The third kappa shape index (κ3) is 2.66. The molecule has 4 heterocycles. The maximum absolute atomic E-state index is 11.5. The topological polar surface area (TPSA) is 129 Å². The minimum atomic E-state index is -4.16. The van der Waals surface area contributed by atoms with Crippen molar-refractivity contribution < 1.29 is 28.3 Å². The van der Waals surface area contributed by atoms with Gasteiger partial charge in [-0.3, -0.25) is 13.6 Å². The third-order valence-corrected chi connectivity index (χ3v) is 5.69. The summed E-state index contributed by atoms with van der Waals surface area (Å²) in [6.07, 6.45) is -0.681. The van der Waals surface area contributed by atoms with E-state index in [9.17, 15) is 14.6 Å². The van der Waals surface area contributed by atoms with Crippen molar-refractivity contribution in [1.29, 1.82) is 0 Å². The second-order valence-electron chi connectivity index (χ2n) is 5.33. The number of imidazole rings is 1. The van der Waals surface area contributed by atoms with Gasteiger partial charge in [0, 0.05) is 0 Å².